The van der Waals surface area contributed by atoms with Gasteiger partial charge in [-0.2, -0.15) is 0 Å². The van der Waals surface area contributed by atoms with Gasteiger partial charge in [0.1, 0.15) is 0 Å². The standard InChI is InChI=1S/C10H14O3/c1-6-3-4-7-8(6)9(12)13-10(7,2)5-11/h5-8H,3-4H2,1-2H3/t6?,7-,8+,10?/m1/s1. The van der Waals surface area contributed by atoms with Gasteiger partial charge in [-0.25, -0.2) is 0 Å². The van der Waals surface area contributed by atoms with Gasteiger partial charge in [-0.05, 0) is 25.7 Å². The molecule has 2 unspecified atom stereocenters. The zero-order valence-electron chi connectivity index (χ0n) is 7.95. The number of ether oxygens (including phenoxy) is 1. The van der Waals surface area contributed by atoms with Crippen molar-refractivity contribution in [3.63, 3.8) is 0 Å². The Bertz CT molecular complexity index is 261. The Labute approximate surface area is 77.4 Å². The molecule has 1 aliphatic heterocycles. The molecule has 0 amide bonds. The van der Waals surface area contributed by atoms with E-state index in [4.69, 9.17) is 4.74 Å². The maximum Gasteiger partial charge on any atom is 0.310 e. The molecule has 0 N–H and O–H groups in total. The highest BCUT2D eigenvalue weighted by Gasteiger charge is 2.57. The summed E-state index contributed by atoms with van der Waals surface area (Å²) in [6.07, 6.45) is 2.76. The Balaban J connectivity index is 2.32. The first-order chi connectivity index (χ1) is 6.08. The maximum atomic E-state index is 11.5. The van der Waals surface area contributed by atoms with Crippen LogP contribution in [0.25, 0.3) is 0 Å². The lowest BCUT2D eigenvalue weighted by Gasteiger charge is -2.21. The fourth-order valence-electron chi connectivity index (χ4n) is 2.71. The van der Waals surface area contributed by atoms with E-state index < -0.39 is 5.60 Å². The van der Waals surface area contributed by atoms with Crippen LogP contribution in [0.1, 0.15) is 26.7 Å². The van der Waals surface area contributed by atoms with E-state index in [9.17, 15) is 9.59 Å². The van der Waals surface area contributed by atoms with E-state index in [0.717, 1.165) is 19.1 Å². The third kappa shape index (κ3) is 1.02. The first-order valence-electron chi connectivity index (χ1n) is 4.77. The summed E-state index contributed by atoms with van der Waals surface area (Å²) < 4.78 is 5.13. The van der Waals surface area contributed by atoms with Gasteiger partial charge in [0.25, 0.3) is 0 Å². The molecule has 0 radical (unpaired) electrons. The van der Waals surface area contributed by atoms with Crippen molar-refractivity contribution in [2.24, 2.45) is 17.8 Å². The molecule has 1 heterocycles. The molecule has 72 valence electrons. The third-order valence-electron chi connectivity index (χ3n) is 3.54. The van der Waals surface area contributed by atoms with E-state index in [-0.39, 0.29) is 17.8 Å². The van der Waals surface area contributed by atoms with Crippen molar-refractivity contribution < 1.29 is 14.3 Å². The molecule has 4 atom stereocenters. The minimum Gasteiger partial charge on any atom is -0.451 e. The molecule has 1 saturated carbocycles. The zero-order valence-corrected chi connectivity index (χ0v) is 7.95. The summed E-state index contributed by atoms with van der Waals surface area (Å²) in [5, 5.41) is 0. The maximum absolute atomic E-state index is 11.5. The van der Waals surface area contributed by atoms with Gasteiger partial charge in [0.2, 0.25) is 0 Å². The van der Waals surface area contributed by atoms with Crippen LogP contribution in [-0.4, -0.2) is 17.9 Å². The molecule has 0 spiro atoms. The van der Waals surface area contributed by atoms with Crippen LogP contribution in [0, 0.1) is 17.8 Å². The van der Waals surface area contributed by atoms with Gasteiger partial charge < -0.3 is 4.74 Å². The molecule has 13 heavy (non-hydrogen) atoms. The van der Waals surface area contributed by atoms with Crippen LogP contribution in [0.2, 0.25) is 0 Å². The van der Waals surface area contributed by atoms with E-state index in [1.165, 1.54) is 0 Å². The summed E-state index contributed by atoms with van der Waals surface area (Å²) in [4.78, 5) is 22.3. The van der Waals surface area contributed by atoms with Crippen LogP contribution in [-0.2, 0) is 14.3 Å². The molecule has 3 heteroatoms. The van der Waals surface area contributed by atoms with Crippen molar-refractivity contribution in [3.05, 3.63) is 0 Å². The highest BCUT2D eigenvalue weighted by atomic mass is 16.6. The molecule has 0 aromatic carbocycles. The van der Waals surface area contributed by atoms with Crippen LogP contribution >= 0.6 is 0 Å². The number of rotatable bonds is 1. The lowest BCUT2D eigenvalue weighted by molar-refractivity contribution is -0.154. The molecule has 1 aliphatic carbocycles. The minimum absolute atomic E-state index is 0.0322. The van der Waals surface area contributed by atoms with Crippen LogP contribution < -0.4 is 0 Å². The second-order valence-corrected chi connectivity index (χ2v) is 4.41. The number of carbonyl (C=O) groups is 2. The molecule has 1 saturated heterocycles. The lowest BCUT2D eigenvalue weighted by atomic mass is 9.83. The van der Waals surface area contributed by atoms with Crippen molar-refractivity contribution in [3.8, 4) is 0 Å². The highest BCUT2D eigenvalue weighted by Crippen LogP contribution is 2.49. The van der Waals surface area contributed by atoms with Gasteiger partial charge in [-0.3, -0.25) is 9.59 Å². The first kappa shape index (κ1) is 8.73. The Morgan fingerprint density at radius 1 is 1.54 bits per heavy atom. The summed E-state index contributed by atoms with van der Waals surface area (Å²) in [5.41, 5.74) is -0.841. The van der Waals surface area contributed by atoms with E-state index >= 15 is 0 Å². The van der Waals surface area contributed by atoms with Crippen LogP contribution in [0.4, 0.5) is 0 Å². The molecular weight excluding hydrogens is 168 g/mol. The van der Waals surface area contributed by atoms with Gasteiger partial charge in [0.05, 0.1) is 5.92 Å². The quantitative estimate of drug-likeness (QED) is 0.451. The SMILES string of the molecule is CC1CC[C@@H]2[C@H]1C(=O)OC2(C)C=O. The fraction of sp³-hybridized carbons (Fsp3) is 0.800. The monoisotopic (exact) mass is 182 g/mol. The summed E-state index contributed by atoms with van der Waals surface area (Å²) in [7, 11) is 0. The Morgan fingerprint density at radius 2 is 2.23 bits per heavy atom. The van der Waals surface area contributed by atoms with Crippen LogP contribution in [0.3, 0.4) is 0 Å². The molecule has 0 aromatic rings. The van der Waals surface area contributed by atoms with Gasteiger partial charge in [0, 0.05) is 5.92 Å². The van der Waals surface area contributed by atoms with E-state index in [1.54, 1.807) is 6.92 Å². The van der Waals surface area contributed by atoms with Gasteiger partial charge in [-0.1, -0.05) is 6.92 Å². The number of carbonyl (C=O) groups excluding carboxylic acids is 2. The normalized spacial score (nSPS) is 48.8. The summed E-state index contributed by atoms with van der Waals surface area (Å²) >= 11 is 0. The first-order valence-corrected chi connectivity index (χ1v) is 4.77. The third-order valence-corrected chi connectivity index (χ3v) is 3.54. The summed E-state index contributed by atoms with van der Waals surface area (Å²) in [5.74, 6) is 0.284. The number of cyclic esters (lactones) is 1. The van der Waals surface area contributed by atoms with Gasteiger partial charge >= 0.3 is 5.97 Å². The average Bonchev–Trinajstić information content (AvgIpc) is 2.57. The summed E-state index contributed by atoms with van der Waals surface area (Å²) in [6, 6.07) is 0. The Hall–Kier alpha value is -0.860. The van der Waals surface area contributed by atoms with Crippen LogP contribution in [0.5, 0.6) is 0 Å². The average molecular weight is 182 g/mol. The molecule has 3 nitrogen and oxygen atoms in total. The number of hydrogen-bond donors (Lipinski definition) is 0. The highest BCUT2D eigenvalue weighted by molar-refractivity contribution is 5.82. The van der Waals surface area contributed by atoms with Crippen molar-refractivity contribution in [1.82, 2.24) is 0 Å². The van der Waals surface area contributed by atoms with E-state index in [0.29, 0.717) is 5.92 Å². The molecule has 2 fully saturated rings. The lowest BCUT2D eigenvalue weighted by Crippen LogP contribution is -2.33. The molecule has 0 aromatic heterocycles. The smallest absolute Gasteiger partial charge is 0.310 e. The summed E-state index contributed by atoms with van der Waals surface area (Å²) in [6.45, 7) is 3.78. The van der Waals surface area contributed by atoms with E-state index in [1.807, 2.05) is 0 Å². The van der Waals surface area contributed by atoms with Crippen molar-refractivity contribution >= 4 is 12.3 Å². The Kier molecular flexibility index (Phi) is 1.72. The molecule has 0 bridgehead atoms. The number of fused-ring (bicyclic) bond motifs is 1. The van der Waals surface area contributed by atoms with E-state index in [2.05, 4.69) is 6.92 Å². The topological polar surface area (TPSA) is 43.4 Å². The van der Waals surface area contributed by atoms with Crippen LogP contribution in [0.15, 0.2) is 0 Å². The van der Waals surface area contributed by atoms with Gasteiger partial charge in [-0.15, -0.1) is 0 Å². The minimum atomic E-state index is -0.841. The van der Waals surface area contributed by atoms with Crippen molar-refractivity contribution in [2.45, 2.75) is 32.3 Å². The fourth-order valence-corrected chi connectivity index (χ4v) is 2.71. The number of hydrogen-bond acceptors (Lipinski definition) is 3. The number of esters is 1. The molecule has 2 rings (SSSR count). The van der Waals surface area contributed by atoms with Crippen molar-refractivity contribution in [1.29, 1.82) is 0 Å². The number of aldehydes is 1. The molecular formula is C10H14O3. The second-order valence-electron chi connectivity index (χ2n) is 4.41. The molecule has 2 aliphatic rings. The zero-order chi connectivity index (χ0) is 9.64. The predicted molar refractivity (Wildman–Crippen MR) is 45.9 cm³/mol. The van der Waals surface area contributed by atoms with Crippen molar-refractivity contribution in [2.75, 3.05) is 0 Å². The second kappa shape index (κ2) is 2.56. The largest absolute Gasteiger partial charge is 0.451 e. The predicted octanol–water partition coefficient (Wildman–Crippen LogP) is 1.16. The van der Waals surface area contributed by atoms with Gasteiger partial charge in [0.15, 0.2) is 11.9 Å². The Morgan fingerprint density at radius 3 is 2.85 bits per heavy atom.